The Morgan fingerprint density at radius 3 is 2.45 bits per heavy atom. The molecule has 4 heteroatoms. The third kappa shape index (κ3) is 3.08. The third-order valence-electron chi connectivity index (χ3n) is 1.87. The second kappa shape index (κ2) is 3.93. The maximum Gasteiger partial charge on any atom is 0.216 e. The molecular formula is C7H15ClN2O. The minimum atomic E-state index is 0. The number of nitrogens with one attached hydrogen (secondary N) is 2. The van der Waals surface area contributed by atoms with Crippen molar-refractivity contribution in [2.45, 2.75) is 13.8 Å². The van der Waals surface area contributed by atoms with Crippen molar-refractivity contribution in [3.05, 3.63) is 0 Å². The molecule has 1 heterocycles. The molecule has 1 aliphatic heterocycles. The predicted molar refractivity (Wildman–Crippen MR) is 46.9 cm³/mol. The first-order valence-corrected chi connectivity index (χ1v) is 3.58. The van der Waals surface area contributed by atoms with Crippen LogP contribution < -0.4 is 10.6 Å². The van der Waals surface area contributed by atoms with Gasteiger partial charge in [-0.05, 0) is 0 Å². The lowest BCUT2D eigenvalue weighted by Crippen LogP contribution is -2.56. The van der Waals surface area contributed by atoms with Gasteiger partial charge in [0.15, 0.2) is 0 Å². The summed E-state index contributed by atoms with van der Waals surface area (Å²) in [5, 5.41) is 5.98. The van der Waals surface area contributed by atoms with Gasteiger partial charge in [-0.3, -0.25) is 4.79 Å². The monoisotopic (exact) mass is 178 g/mol. The van der Waals surface area contributed by atoms with Crippen molar-refractivity contribution < 1.29 is 4.79 Å². The largest absolute Gasteiger partial charge is 0.356 e. The smallest absolute Gasteiger partial charge is 0.216 e. The fourth-order valence-corrected chi connectivity index (χ4v) is 1.01. The van der Waals surface area contributed by atoms with Gasteiger partial charge in [-0.1, -0.05) is 6.92 Å². The van der Waals surface area contributed by atoms with Gasteiger partial charge in [0.25, 0.3) is 0 Å². The average molecular weight is 179 g/mol. The number of rotatable bonds is 2. The molecule has 1 saturated heterocycles. The zero-order chi connectivity index (χ0) is 7.61. The highest BCUT2D eigenvalue weighted by Gasteiger charge is 2.31. The van der Waals surface area contributed by atoms with Crippen molar-refractivity contribution in [2.75, 3.05) is 19.6 Å². The first-order valence-electron chi connectivity index (χ1n) is 3.58. The summed E-state index contributed by atoms with van der Waals surface area (Å²) in [5.74, 6) is 0.0631. The highest BCUT2D eigenvalue weighted by Crippen LogP contribution is 2.19. The Morgan fingerprint density at radius 2 is 2.18 bits per heavy atom. The molecule has 1 rings (SSSR count). The standard InChI is InChI=1S/C7H14N2O.ClH/c1-6(10)9-5-7(2)3-8-4-7;/h8H,3-5H2,1-2H3,(H,9,10);1H. The molecule has 0 spiro atoms. The van der Waals surface area contributed by atoms with E-state index in [-0.39, 0.29) is 18.3 Å². The lowest BCUT2D eigenvalue weighted by molar-refractivity contribution is -0.119. The van der Waals surface area contributed by atoms with E-state index in [1.165, 1.54) is 0 Å². The van der Waals surface area contributed by atoms with Crippen molar-refractivity contribution in [1.82, 2.24) is 10.6 Å². The number of carbonyl (C=O) groups is 1. The predicted octanol–water partition coefficient (Wildman–Crippen LogP) is 0.154. The van der Waals surface area contributed by atoms with Crippen molar-refractivity contribution in [3.8, 4) is 0 Å². The van der Waals surface area contributed by atoms with Gasteiger partial charge in [-0.15, -0.1) is 12.4 Å². The van der Waals surface area contributed by atoms with Crippen LogP contribution in [-0.4, -0.2) is 25.5 Å². The van der Waals surface area contributed by atoms with Gasteiger partial charge in [0, 0.05) is 32.0 Å². The van der Waals surface area contributed by atoms with E-state index in [1.807, 2.05) is 0 Å². The van der Waals surface area contributed by atoms with Crippen LogP contribution in [0.25, 0.3) is 0 Å². The Kier molecular flexibility index (Phi) is 3.83. The SMILES string of the molecule is CC(=O)NCC1(C)CNC1.Cl. The molecule has 0 aromatic carbocycles. The molecule has 3 nitrogen and oxygen atoms in total. The van der Waals surface area contributed by atoms with E-state index in [1.54, 1.807) is 6.92 Å². The summed E-state index contributed by atoms with van der Waals surface area (Å²) < 4.78 is 0. The average Bonchev–Trinajstić information content (AvgIpc) is 1.79. The van der Waals surface area contributed by atoms with Crippen LogP contribution in [0, 0.1) is 5.41 Å². The number of halogens is 1. The molecule has 2 N–H and O–H groups in total. The van der Waals surface area contributed by atoms with E-state index in [2.05, 4.69) is 17.6 Å². The van der Waals surface area contributed by atoms with E-state index in [0.717, 1.165) is 19.6 Å². The van der Waals surface area contributed by atoms with Crippen LogP contribution in [0.2, 0.25) is 0 Å². The van der Waals surface area contributed by atoms with Gasteiger partial charge < -0.3 is 10.6 Å². The summed E-state index contributed by atoms with van der Waals surface area (Å²) in [6, 6.07) is 0. The van der Waals surface area contributed by atoms with Crippen LogP contribution >= 0.6 is 12.4 Å². The van der Waals surface area contributed by atoms with Crippen molar-refractivity contribution in [2.24, 2.45) is 5.41 Å². The van der Waals surface area contributed by atoms with Crippen molar-refractivity contribution in [3.63, 3.8) is 0 Å². The Morgan fingerprint density at radius 1 is 1.64 bits per heavy atom. The molecular weight excluding hydrogens is 164 g/mol. The van der Waals surface area contributed by atoms with Crippen LogP contribution in [0.3, 0.4) is 0 Å². The topological polar surface area (TPSA) is 41.1 Å². The fraction of sp³-hybridized carbons (Fsp3) is 0.857. The Hall–Kier alpha value is -0.280. The van der Waals surface area contributed by atoms with Gasteiger partial charge in [-0.2, -0.15) is 0 Å². The first kappa shape index (κ1) is 10.7. The number of hydrogen-bond donors (Lipinski definition) is 2. The molecule has 0 radical (unpaired) electrons. The highest BCUT2D eigenvalue weighted by atomic mass is 35.5. The molecule has 0 aromatic heterocycles. The quantitative estimate of drug-likeness (QED) is 0.633. The fourth-order valence-electron chi connectivity index (χ4n) is 1.01. The number of amides is 1. The lowest BCUT2D eigenvalue weighted by Gasteiger charge is -2.39. The Labute approximate surface area is 73.3 Å². The maximum atomic E-state index is 10.5. The zero-order valence-electron chi connectivity index (χ0n) is 6.94. The Balaban J connectivity index is 0.000001000. The van der Waals surface area contributed by atoms with Crippen LogP contribution in [0.15, 0.2) is 0 Å². The molecule has 0 saturated carbocycles. The molecule has 0 atom stereocenters. The molecule has 0 aromatic rings. The van der Waals surface area contributed by atoms with E-state index in [4.69, 9.17) is 0 Å². The second-order valence-corrected chi connectivity index (χ2v) is 3.32. The maximum absolute atomic E-state index is 10.5. The summed E-state index contributed by atoms with van der Waals surface area (Å²) in [5.41, 5.74) is 0.311. The number of carbonyl (C=O) groups excluding carboxylic acids is 1. The lowest BCUT2D eigenvalue weighted by atomic mass is 9.84. The highest BCUT2D eigenvalue weighted by molar-refractivity contribution is 5.85. The molecule has 11 heavy (non-hydrogen) atoms. The van der Waals surface area contributed by atoms with Crippen molar-refractivity contribution in [1.29, 1.82) is 0 Å². The van der Waals surface area contributed by atoms with E-state index >= 15 is 0 Å². The summed E-state index contributed by atoms with van der Waals surface area (Å²) in [6.07, 6.45) is 0. The van der Waals surface area contributed by atoms with Gasteiger partial charge in [0.05, 0.1) is 0 Å². The molecule has 1 amide bonds. The molecule has 0 aliphatic carbocycles. The summed E-state index contributed by atoms with van der Waals surface area (Å²) in [4.78, 5) is 10.5. The van der Waals surface area contributed by atoms with Crippen LogP contribution in [0.4, 0.5) is 0 Å². The van der Waals surface area contributed by atoms with E-state index in [9.17, 15) is 4.79 Å². The molecule has 0 bridgehead atoms. The van der Waals surface area contributed by atoms with Crippen LogP contribution in [-0.2, 0) is 4.79 Å². The van der Waals surface area contributed by atoms with Gasteiger partial charge in [0.1, 0.15) is 0 Å². The Bertz CT molecular complexity index is 145. The van der Waals surface area contributed by atoms with Crippen LogP contribution in [0.1, 0.15) is 13.8 Å². The van der Waals surface area contributed by atoms with Gasteiger partial charge >= 0.3 is 0 Å². The molecule has 0 unspecified atom stereocenters. The number of hydrogen-bond acceptors (Lipinski definition) is 2. The minimum absolute atomic E-state index is 0. The molecule has 1 fully saturated rings. The van der Waals surface area contributed by atoms with Gasteiger partial charge in [0.2, 0.25) is 5.91 Å². The van der Waals surface area contributed by atoms with Crippen LogP contribution in [0.5, 0.6) is 0 Å². The third-order valence-corrected chi connectivity index (χ3v) is 1.87. The van der Waals surface area contributed by atoms with Crippen molar-refractivity contribution >= 4 is 18.3 Å². The van der Waals surface area contributed by atoms with E-state index < -0.39 is 0 Å². The summed E-state index contributed by atoms with van der Waals surface area (Å²) in [7, 11) is 0. The second-order valence-electron chi connectivity index (χ2n) is 3.32. The summed E-state index contributed by atoms with van der Waals surface area (Å²) in [6.45, 7) is 6.56. The minimum Gasteiger partial charge on any atom is -0.356 e. The van der Waals surface area contributed by atoms with Gasteiger partial charge in [-0.25, -0.2) is 0 Å². The first-order chi connectivity index (χ1) is 4.62. The normalized spacial score (nSPS) is 19.5. The summed E-state index contributed by atoms with van der Waals surface area (Å²) >= 11 is 0. The van der Waals surface area contributed by atoms with E-state index in [0.29, 0.717) is 5.41 Å². The molecule has 1 aliphatic rings. The zero-order valence-corrected chi connectivity index (χ0v) is 7.75. The molecule has 66 valence electrons.